The molecule has 18 heteroatoms. The molecule has 0 aromatic rings. The normalized spacial score (nSPS) is 14.8. The van der Waals surface area contributed by atoms with Gasteiger partial charge < -0.3 is 34.2 Å². The van der Waals surface area contributed by atoms with Crippen LogP contribution >= 0.6 is 15.6 Å². The fourth-order valence-electron chi connectivity index (χ4n) is 10.9. The van der Waals surface area contributed by atoms with Crippen LogP contribution in [0.2, 0.25) is 0 Å². The molecule has 0 spiro atoms. The van der Waals surface area contributed by atoms with Gasteiger partial charge >= 0.3 is 33.6 Å². The van der Waals surface area contributed by atoms with Crippen molar-refractivity contribution in [2.24, 2.45) is 0 Å². The highest BCUT2D eigenvalue weighted by molar-refractivity contribution is 7.47. The van der Waals surface area contributed by atoms with E-state index in [-0.39, 0.29) is 19.3 Å². The van der Waals surface area contributed by atoms with Gasteiger partial charge in [-0.1, -0.05) is 337 Å². The SMILES string of the molecule is CC/C=C\C/C=C\C/C=C\C/C=C\C/C=C\C/C=C\CCCCCCCCCCCCCCCCCCC(=O)OCC(O)COP(=O)(O)OCC(O)COP(=O)(O)OCC(COC(=O)CCCCCCCCC/C=C\C/C=C\C/C=C\C/C=C\C/C=C\CC)OC(=O)CCC/C=C\C/C=C\C/C=C\C/C=C\C/C=C\CC. The lowest BCUT2D eigenvalue weighted by Gasteiger charge is -2.21. The third-order valence-electron chi connectivity index (χ3n) is 17.3. The Kier molecular flexibility index (Phi) is 79.6. The molecule has 630 valence electrons. The van der Waals surface area contributed by atoms with Crippen LogP contribution < -0.4 is 0 Å². The number of carbonyl (C=O) groups excluding carboxylic acids is 3. The van der Waals surface area contributed by atoms with Crippen molar-refractivity contribution in [2.75, 3.05) is 39.6 Å². The minimum atomic E-state index is -4.96. The van der Waals surface area contributed by atoms with Crippen LogP contribution in [0.4, 0.5) is 0 Å². The summed E-state index contributed by atoms with van der Waals surface area (Å²) in [5.74, 6) is -1.66. The summed E-state index contributed by atoms with van der Waals surface area (Å²) in [5.41, 5.74) is 0. The summed E-state index contributed by atoms with van der Waals surface area (Å²) in [6, 6.07) is 0. The number of phosphoric acid groups is 2. The van der Waals surface area contributed by atoms with Crippen molar-refractivity contribution < 1.29 is 75.8 Å². The number of hydrogen-bond donors (Lipinski definition) is 4. The summed E-state index contributed by atoms with van der Waals surface area (Å²) >= 11 is 0. The second-order valence-corrected chi connectivity index (χ2v) is 30.7. The van der Waals surface area contributed by atoms with Gasteiger partial charge in [0.2, 0.25) is 0 Å². The number of carbonyl (C=O) groups is 3. The van der Waals surface area contributed by atoms with Gasteiger partial charge in [-0.2, -0.15) is 0 Å². The van der Waals surface area contributed by atoms with Gasteiger partial charge in [-0.3, -0.25) is 32.5 Å². The molecule has 0 fully saturated rings. The van der Waals surface area contributed by atoms with E-state index in [1.165, 1.54) is 83.5 Å². The van der Waals surface area contributed by atoms with E-state index < -0.39 is 91.5 Å². The van der Waals surface area contributed by atoms with Crippen molar-refractivity contribution in [2.45, 2.75) is 334 Å². The quantitative estimate of drug-likeness (QED) is 0.0146. The van der Waals surface area contributed by atoms with Crippen LogP contribution in [0.15, 0.2) is 194 Å². The number of aliphatic hydroxyl groups is 2. The van der Waals surface area contributed by atoms with E-state index in [9.17, 15) is 43.5 Å². The van der Waals surface area contributed by atoms with Crippen LogP contribution in [-0.4, -0.2) is 95.9 Å². The molecule has 0 saturated heterocycles. The lowest BCUT2D eigenvalue weighted by atomic mass is 10.0. The zero-order valence-electron chi connectivity index (χ0n) is 69.1. The summed E-state index contributed by atoms with van der Waals surface area (Å²) in [7, 11) is -9.83. The second kappa shape index (κ2) is 83.8. The predicted octanol–water partition coefficient (Wildman–Crippen LogP) is 25.9. The highest BCUT2D eigenvalue weighted by atomic mass is 31.2. The van der Waals surface area contributed by atoms with E-state index in [2.05, 4.69) is 203 Å². The summed E-state index contributed by atoms with van der Waals surface area (Å²) in [5, 5.41) is 20.7. The van der Waals surface area contributed by atoms with Gasteiger partial charge in [-0.15, -0.1) is 0 Å². The summed E-state index contributed by atoms with van der Waals surface area (Å²) in [6.07, 6.45) is 111. The number of esters is 3. The molecule has 0 heterocycles. The molecule has 0 aliphatic carbocycles. The molecule has 0 aromatic heterocycles. The van der Waals surface area contributed by atoms with E-state index in [1.54, 1.807) is 0 Å². The number of aliphatic hydroxyl groups excluding tert-OH is 2. The molecule has 5 unspecified atom stereocenters. The minimum Gasteiger partial charge on any atom is -0.463 e. The van der Waals surface area contributed by atoms with Crippen LogP contribution in [0.25, 0.3) is 0 Å². The Balaban J connectivity index is 4.52. The molecule has 16 nitrogen and oxygen atoms in total. The van der Waals surface area contributed by atoms with E-state index in [0.29, 0.717) is 25.7 Å². The van der Waals surface area contributed by atoms with Gasteiger partial charge in [-0.25, -0.2) is 9.13 Å². The van der Waals surface area contributed by atoms with Crippen LogP contribution in [0.5, 0.6) is 0 Å². The van der Waals surface area contributed by atoms with Crippen molar-refractivity contribution in [1.82, 2.24) is 0 Å². The average Bonchev–Trinajstić information content (AvgIpc) is 0.901. The molecular weight excluding hydrogens is 1430 g/mol. The number of phosphoric ester groups is 2. The first-order chi connectivity index (χ1) is 54.2. The van der Waals surface area contributed by atoms with Crippen molar-refractivity contribution in [3.63, 3.8) is 0 Å². The van der Waals surface area contributed by atoms with Crippen molar-refractivity contribution in [3.05, 3.63) is 194 Å². The molecule has 0 aromatic carbocycles. The molecule has 0 saturated carbocycles. The van der Waals surface area contributed by atoms with Crippen LogP contribution in [0, 0.1) is 0 Å². The minimum absolute atomic E-state index is 0.0172. The Morgan fingerprint density at radius 1 is 0.252 bits per heavy atom. The highest BCUT2D eigenvalue weighted by Gasteiger charge is 2.29. The molecule has 0 bridgehead atoms. The van der Waals surface area contributed by atoms with Gasteiger partial charge in [-0.05, 0) is 154 Å². The van der Waals surface area contributed by atoms with Crippen LogP contribution in [0.3, 0.4) is 0 Å². The summed E-state index contributed by atoms with van der Waals surface area (Å²) in [6.45, 7) is 2.26. The smallest absolute Gasteiger partial charge is 0.463 e. The maximum absolute atomic E-state index is 13.0. The molecule has 111 heavy (non-hydrogen) atoms. The summed E-state index contributed by atoms with van der Waals surface area (Å²) in [4.78, 5) is 58.8. The predicted molar refractivity (Wildman–Crippen MR) is 463 cm³/mol. The zero-order valence-corrected chi connectivity index (χ0v) is 70.8. The Hall–Kier alpha value is -5.61. The average molecular weight is 1590 g/mol. The topological polar surface area (TPSA) is 231 Å². The van der Waals surface area contributed by atoms with E-state index in [0.717, 1.165) is 167 Å². The lowest BCUT2D eigenvalue weighted by Crippen LogP contribution is -2.30. The number of ether oxygens (including phenoxy) is 3. The van der Waals surface area contributed by atoms with Crippen LogP contribution in [-0.2, 0) is 55.8 Å². The molecule has 0 amide bonds. The van der Waals surface area contributed by atoms with Crippen molar-refractivity contribution in [3.8, 4) is 0 Å². The van der Waals surface area contributed by atoms with Crippen LogP contribution in [0.1, 0.15) is 316 Å². The fourth-order valence-corrected chi connectivity index (χ4v) is 12.5. The third-order valence-corrected chi connectivity index (χ3v) is 19.2. The standard InChI is InChI=1S/C93H152O16P2/c1-4-7-10-13-16-19-22-25-28-31-33-35-37-38-39-40-41-42-43-44-45-46-47-48-50-52-53-56-58-61-64-67-70-73-76-79-91(96)103-82-88(94)83-105-110(99,100)106-84-89(95)85-107-111(101,102)108-87-90(109-93(98)81-78-75-72-69-66-63-60-55-30-27-24-21-18-15-12-9-6-3)86-104-92(97)80-77-74-71-68-65-62-59-57-54-51-49-36-34-32-29-26-23-20-17-14-11-8-5-2/h7-12,16-21,25-30,33-36,38-39,41-42,51,54,60,63,69,72,88-90,94-95H,4-6,13-15,22-24,31-32,37,40,43-50,52-53,55-59,61-62,64-68,70-71,73-87H2,1-3H3,(H,99,100)(H,101,102)/b10-7-,11-8-,12-9-,19-16-,20-17-,21-18-,28-25-,29-26-,30-27-,35-33-,36-34-,39-38-,42-41-,54-51-,63-60-,72-69-. The third kappa shape index (κ3) is 85.1. The Morgan fingerprint density at radius 3 is 0.739 bits per heavy atom. The monoisotopic (exact) mass is 1590 g/mol. The fraction of sp³-hybridized carbons (Fsp3) is 0.624. The zero-order chi connectivity index (χ0) is 80.8. The Labute approximate surface area is 674 Å². The molecule has 4 N–H and O–H groups in total. The maximum Gasteiger partial charge on any atom is 0.472 e. The molecule has 5 atom stereocenters. The van der Waals surface area contributed by atoms with Gasteiger partial charge in [0.05, 0.1) is 26.4 Å². The van der Waals surface area contributed by atoms with Gasteiger partial charge in [0.15, 0.2) is 6.10 Å². The van der Waals surface area contributed by atoms with Crippen molar-refractivity contribution >= 4 is 33.6 Å². The maximum atomic E-state index is 13.0. The van der Waals surface area contributed by atoms with Gasteiger partial charge in [0.25, 0.3) is 0 Å². The molecule has 0 aliphatic heterocycles. The van der Waals surface area contributed by atoms with E-state index in [1.807, 2.05) is 12.2 Å². The molecule has 0 aliphatic rings. The largest absolute Gasteiger partial charge is 0.472 e. The second-order valence-electron chi connectivity index (χ2n) is 27.8. The first kappa shape index (κ1) is 105. The number of allylic oxidation sites excluding steroid dienone is 32. The van der Waals surface area contributed by atoms with Gasteiger partial charge in [0.1, 0.15) is 25.4 Å². The number of unbranched alkanes of at least 4 members (excludes halogenated alkanes) is 24. The first-order valence-electron chi connectivity index (χ1n) is 42.7. The molecule has 0 rings (SSSR count). The van der Waals surface area contributed by atoms with Crippen molar-refractivity contribution in [1.29, 1.82) is 0 Å². The lowest BCUT2D eigenvalue weighted by molar-refractivity contribution is -0.161. The number of rotatable bonds is 79. The Morgan fingerprint density at radius 2 is 0.459 bits per heavy atom. The van der Waals surface area contributed by atoms with E-state index in [4.69, 9.17) is 32.3 Å². The molecule has 0 radical (unpaired) electrons. The first-order valence-corrected chi connectivity index (χ1v) is 45.7. The summed E-state index contributed by atoms with van der Waals surface area (Å²) < 4.78 is 61.2. The van der Waals surface area contributed by atoms with Gasteiger partial charge in [0, 0.05) is 19.3 Å². The highest BCUT2D eigenvalue weighted by Crippen LogP contribution is 2.45. The Bertz CT molecular complexity index is 2800. The van der Waals surface area contributed by atoms with E-state index >= 15 is 0 Å². The number of hydrogen-bond acceptors (Lipinski definition) is 14. The molecular formula is C93H152O16P2.